The highest BCUT2D eigenvalue weighted by molar-refractivity contribution is 5.51. The van der Waals surface area contributed by atoms with Crippen molar-refractivity contribution in [1.29, 1.82) is 0 Å². The first-order chi connectivity index (χ1) is 8.22. The lowest BCUT2D eigenvalue weighted by Gasteiger charge is -2.35. The second kappa shape index (κ2) is 5.47. The van der Waals surface area contributed by atoms with Crippen molar-refractivity contribution in [2.24, 2.45) is 11.7 Å². The third-order valence-corrected chi connectivity index (χ3v) is 3.67. The fourth-order valence-electron chi connectivity index (χ4n) is 2.50. The number of aliphatic hydroxyl groups is 1. The Labute approximate surface area is 102 Å². The molecule has 3 N–H and O–H groups in total. The van der Waals surface area contributed by atoms with Crippen molar-refractivity contribution in [3.8, 4) is 0 Å². The van der Waals surface area contributed by atoms with E-state index in [2.05, 4.69) is 9.88 Å². The smallest absolute Gasteiger partial charge is 0.0598 e. The average Bonchev–Trinajstić information content (AvgIpc) is 2.39. The van der Waals surface area contributed by atoms with E-state index in [0.717, 1.165) is 37.2 Å². The average molecular weight is 235 g/mol. The van der Waals surface area contributed by atoms with Gasteiger partial charge in [0.25, 0.3) is 0 Å². The maximum atomic E-state index is 9.58. The Balaban J connectivity index is 2.05. The molecule has 1 aromatic rings. The van der Waals surface area contributed by atoms with E-state index in [1.54, 1.807) is 6.20 Å². The Kier molecular flexibility index (Phi) is 3.97. The number of pyridine rings is 1. The van der Waals surface area contributed by atoms with Crippen LogP contribution in [0, 0.1) is 5.92 Å². The number of hydrogen-bond donors (Lipinski definition) is 2. The summed E-state index contributed by atoms with van der Waals surface area (Å²) in [5, 5.41) is 9.58. The lowest BCUT2D eigenvalue weighted by Crippen LogP contribution is -2.37. The molecule has 0 bridgehead atoms. The zero-order chi connectivity index (χ0) is 12.3. The summed E-state index contributed by atoms with van der Waals surface area (Å²) in [5.74, 6) is 0.434. The summed E-state index contributed by atoms with van der Waals surface area (Å²) in [5.41, 5.74) is 8.04. The Morgan fingerprint density at radius 2 is 2.24 bits per heavy atom. The van der Waals surface area contributed by atoms with Gasteiger partial charge in [0, 0.05) is 25.8 Å². The van der Waals surface area contributed by atoms with E-state index in [1.165, 1.54) is 0 Å². The first-order valence-electron chi connectivity index (χ1n) is 6.28. The number of aliphatic hydroxyl groups excluding tert-OH is 1. The molecule has 0 saturated carbocycles. The van der Waals surface area contributed by atoms with Crippen molar-refractivity contribution in [2.45, 2.75) is 32.4 Å². The molecule has 0 aliphatic carbocycles. The Morgan fingerprint density at radius 1 is 1.53 bits per heavy atom. The van der Waals surface area contributed by atoms with Gasteiger partial charge in [0.1, 0.15) is 0 Å². The van der Waals surface area contributed by atoms with E-state index >= 15 is 0 Å². The molecule has 1 aliphatic heterocycles. The summed E-state index contributed by atoms with van der Waals surface area (Å²) in [6.45, 7) is 4.40. The lowest BCUT2D eigenvalue weighted by molar-refractivity contribution is 0.110. The molecule has 1 saturated heterocycles. The van der Waals surface area contributed by atoms with Gasteiger partial charge in [-0.1, -0.05) is 0 Å². The van der Waals surface area contributed by atoms with Gasteiger partial charge < -0.3 is 15.7 Å². The topological polar surface area (TPSA) is 62.4 Å². The number of rotatable bonds is 3. The lowest BCUT2D eigenvalue weighted by atomic mass is 9.92. The Bertz CT molecular complexity index is 359. The van der Waals surface area contributed by atoms with Crippen LogP contribution in [-0.2, 0) is 6.54 Å². The van der Waals surface area contributed by atoms with Crippen molar-refractivity contribution in [1.82, 2.24) is 4.98 Å². The van der Waals surface area contributed by atoms with E-state index < -0.39 is 0 Å². The zero-order valence-corrected chi connectivity index (χ0v) is 10.3. The van der Waals surface area contributed by atoms with Gasteiger partial charge in [0.2, 0.25) is 0 Å². The molecule has 94 valence electrons. The van der Waals surface area contributed by atoms with Crippen LogP contribution in [0.3, 0.4) is 0 Å². The minimum atomic E-state index is -0.194. The van der Waals surface area contributed by atoms with E-state index in [4.69, 9.17) is 5.73 Å². The highest BCUT2D eigenvalue weighted by Crippen LogP contribution is 2.26. The normalized spacial score (nSPS) is 19.4. The number of hydrogen-bond acceptors (Lipinski definition) is 4. The molecule has 1 unspecified atom stereocenters. The maximum Gasteiger partial charge on any atom is 0.0598 e. The third-order valence-electron chi connectivity index (χ3n) is 3.67. The van der Waals surface area contributed by atoms with Crippen LogP contribution in [0.25, 0.3) is 0 Å². The fraction of sp³-hybridized carbons (Fsp3) is 0.615. The van der Waals surface area contributed by atoms with Crippen LogP contribution < -0.4 is 10.6 Å². The highest BCUT2D eigenvalue weighted by atomic mass is 16.3. The summed E-state index contributed by atoms with van der Waals surface area (Å²) < 4.78 is 0. The minimum Gasteiger partial charge on any atom is -0.393 e. The van der Waals surface area contributed by atoms with Crippen molar-refractivity contribution >= 4 is 5.69 Å². The summed E-state index contributed by atoms with van der Waals surface area (Å²) in [6, 6.07) is 1.98. The molecular weight excluding hydrogens is 214 g/mol. The van der Waals surface area contributed by atoms with Crippen molar-refractivity contribution in [3.05, 3.63) is 24.0 Å². The molecule has 1 aliphatic rings. The number of nitrogens with zero attached hydrogens (tertiary/aromatic N) is 2. The van der Waals surface area contributed by atoms with E-state index in [9.17, 15) is 5.11 Å². The van der Waals surface area contributed by atoms with Crippen LogP contribution in [0.15, 0.2) is 18.5 Å². The molecule has 0 aromatic carbocycles. The number of anilines is 1. The van der Waals surface area contributed by atoms with Gasteiger partial charge in [-0.05, 0) is 37.3 Å². The van der Waals surface area contributed by atoms with Crippen LogP contribution in [0.2, 0.25) is 0 Å². The predicted molar refractivity (Wildman–Crippen MR) is 68.7 cm³/mol. The van der Waals surface area contributed by atoms with Crippen LogP contribution in [0.5, 0.6) is 0 Å². The summed E-state index contributed by atoms with van der Waals surface area (Å²) in [4.78, 5) is 6.50. The molecule has 0 spiro atoms. The van der Waals surface area contributed by atoms with E-state index in [1.807, 2.05) is 19.2 Å². The number of aromatic nitrogens is 1. The third kappa shape index (κ3) is 2.76. The first kappa shape index (κ1) is 12.3. The quantitative estimate of drug-likeness (QED) is 0.824. The van der Waals surface area contributed by atoms with Crippen LogP contribution in [-0.4, -0.2) is 29.3 Å². The van der Waals surface area contributed by atoms with Crippen molar-refractivity contribution in [2.75, 3.05) is 18.0 Å². The molecule has 17 heavy (non-hydrogen) atoms. The first-order valence-corrected chi connectivity index (χ1v) is 6.28. The molecule has 1 fully saturated rings. The highest BCUT2D eigenvalue weighted by Gasteiger charge is 2.23. The Morgan fingerprint density at radius 3 is 2.82 bits per heavy atom. The van der Waals surface area contributed by atoms with Crippen LogP contribution in [0.1, 0.15) is 25.3 Å². The van der Waals surface area contributed by atoms with Gasteiger partial charge in [0.05, 0.1) is 18.0 Å². The van der Waals surface area contributed by atoms with E-state index in [-0.39, 0.29) is 6.10 Å². The standard InChI is InChI=1S/C13H21N3O/c1-10(17)11-3-6-16(7-4-11)13-9-15-5-2-12(13)8-14/h2,5,9-11,17H,3-4,6-8,14H2,1H3. The van der Waals surface area contributed by atoms with Gasteiger partial charge in [-0.3, -0.25) is 4.98 Å². The van der Waals surface area contributed by atoms with Gasteiger partial charge in [0.15, 0.2) is 0 Å². The monoisotopic (exact) mass is 235 g/mol. The maximum absolute atomic E-state index is 9.58. The van der Waals surface area contributed by atoms with Gasteiger partial charge >= 0.3 is 0 Å². The molecule has 1 aromatic heterocycles. The molecular formula is C13H21N3O. The van der Waals surface area contributed by atoms with Crippen LogP contribution in [0.4, 0.5) is 5.69 Å². The molecule has 2 heterocycles. The molecule has 2 rings (SSSR count). The summed E-state index contributed by atoms with van der Waals surface area (Å²) in [7, 11) is 0. The van der Waals surface area contributed by atoms with Gasteiger partial charge in [-0.2, -0.15) is 0 Å². The Hall–Kier alpha value is -1.13. The van der Waals surface area contributed by atoms with E-state index in [0.29, 0.717) is 12.5 Å². The van der Waals surface area contributed by atoms with Crippen molar-refractivity contribution in [3.63, 3.8) is 0 Å². The fourth-order valence-corrected chi connectivity index (χ4v) is 2.50. The number of nitrogens with two attached hydrogens (primary N) is 1. The second-order valence-electron chi connectivity index (χ2n) is 4.77. The number of piperidine rings is 1. The molecule has 0 amide bonds. The molecule has 0 radical (unpaired) electrons. The summed E-state index contributed by atoms with van der Waals surface area (Å²) in [6.07, 6.45) is 5.56. The van der Waals surface area contributed by atoms with Gasteiger partial charge in [-0.25, -0.2) is 0 Å². The van der Waals surface area contributed by atoms with Crippen molar-refractivity contribution < 1.29 is 5.11 Å². The van der Waals surface area contributed by atoms with Gasteiger partial charge in [-0.15, -0.1) is 0 Å². The van der Waals surface area contributed by atoms with Crippen LogP contribution >= 0.6 is 0 Å². The largest absolute Gasteiger partial charge is 0.393 e. The molecule has 4 heteroatoms. The zero-order valence-electron chi connectivity index (χ0n) is 10.3. The second-order valence-corrected chi connectivity index (χ2v) is 4.77. The minimum absolute atomic E-state index is 0.194. The summed E-state index contributed by atoms with van der Waals surface area (Å²) >= 11 is 0. The molecule has 4 nitrogen and oxygen atoms in total. The molecule has 1 atom stereocenters. The predicted octanol–water partition coefficient (Wildman–Crippen LogP) is 1.14. The SMILES string of the molecule is CC(O)C1CCN(c2cnccc2CN)CC1.